The number of rotatable bonds is 3. The lowest BCUT2D eigenvalue weighted by Crippen LogP contribution is -2.22. The summed E-state index contributed by atoms with van der Waals surface area (Å²) in [5.74, 6) is 0. The van der Waals surface area contributed by atoms with Crippen molar-refractivity contribution in [2.45, 2.75) is 19.6 Å². The Labute approximate surface area is 46.6 Å². The van der Waals surface area contributed by atoms with E-state index in [-0.39, 0.29) is 6.54 Å². The predicted octanol–water partition coefficient (Wildman–Crippen LogP) is 0.573. The molecule has 2 N–H and O–H groups in total. The molecule has 0 aliphatic carbocycles. The van der Waals surface area contributed by atoms with Gasteiger partial charge < -0.3 is 10.5 Å². The Morgan fingerprint density at radius 2 is 2.12 bits per heavy atom. The summed E-state index contributed by atoms with van der Waals surface area (Å²) in [6.07, 6.45) is -0.546. The second-order valence-corrected chi connectivity index (χ2v) is 1.44. The monoisotopic (exact) mass is 125 g/mol. The summed E-state index contributed by atoms with van der Waals surface area (Å²) in [7, 11) is 0. The zero-order valence-corrected chi connectivity index (χ0v) is 4.60. The van der Waals surface area contributed by atoms with Gasteiger partial charge in [0.1, 0.15) is 0 Å². The molecule has 50 valence electrons. The van der Waals surface area contributed by atoms with E-state index in [1.807, 2.05) is 0 Å². The Bertz CT molecular complexity index is 60.0. The average molecular weight is 125 g/mol. The smallest absolute Gasteiger partial charge is 0.328 e. The SMILES string of the molecule is C[C@H](CN)OC(F)F. The maximum atomic E-state index is 11.2. The van der Waals surface area contributed by atoms with Gasteiger partial charge in [-0.1, -0.05) is 0 Å². The van der Waals surface area contributed by atoms with Crippen molar-refractivity contribution in [2.75, 3.05) is 6.54 Å². The molecule has 4 heteroatoms. The van der Waals surface area contributed by atoms with Crippen molar-refractivity contribution >= 4 is 0 Å². The van der Waals surface area contributed by atoms with Gasteiger partial charge in [-0.2, -0.15) is 8.78 Å². The third-order valence-corrected chi connectivity index (χ3v) is 0.667. The molecule has 0 fully saturated rings. The quantitative estimate of drug-likeness (QED) is 0.598. The van der Waals surface area contributed by atoms with E-state index in [0.717, 1.165) is 0 Å². The van der Waals surface area contributed by atoms with E-state index in [1.165, 1.54) is 6.92 Å². The van der Waals surface area contributed by atoms with E-state index < -0.39 is 12.7 Å². The Balaban J connectivity index is 3.10. The minimum Gasteiger partial charge on any atom is -0.328 e. The minimum absolute atomic E-state index is 0.129. The highest BCUT2D eigenvalue weighted by Crippen LogP contribution is 1.98. The first kappa shape index (κ1) is 7.78. The van der Waals surface area contributed by atoms with Crippen molar-refractivity contribution in [1.29, 1.82) is 0 Å². The molecule has 0 saturated heterocycles. The highest BCUT2D eigenvalue weighted by Gasteiger charge is 2.06. The molecule has 0 aromatic rings. The molecule has 0 rings (SSSR count). The molecule has 0 aliphatic heterocycles. The van der Waals surface area contributed by atoms with Crippen LogP contribution >= 0.6 is 0 Å². The van der Waals surface area contributed by atoms with Crippen LogP contribution in [-0.4, -0.2) is 19.3 Å². The number of alkyl halides is 2. The number of hydrogen-bond donors (Lipinski definition) is 1. The average Bonchev–Trinajstić information content (AvgIpc) is 1.65. The third kappa shape index (κ3) is 3.95. The van der Waals surface area contributed by atoms with Gasteiger partial charge in [0, 0.05) is 6.54 Å². The van der Waals surface area contributed by atoms with E-state index in [4.69, 9.17) is 5.73 Å². The van der Waals surface area contributed by atoms with Gasteiger partial charge in [0.25, 0.3) is 0 Å². The highest BCUT2D eigenvalue weighted by atomic mass is 19.3. The molecule has 0 amide bonds. The van der Waals surface area contributed by atoms with E-state index >= 15 is 0 Å². The first-order chi connectivity index (χ1) is 3.66. The Morgan fingerprint density at radius 3 is 2.25 bits per heavy atom. The molecular formula is C4H9F2NO. The standard InChI is InChI=1S/C4H9F2NO/c1-3(2-7)8-4(5)6/h3-4H,2,7H2,1H3/t3-/m1/s1. The van der Waals surface area contributed by atoms with Crippen molar-refractivity contribution < 1.29 is 13.5 Å². The van der Waals surface area contributed by atoms with Crippen LogP contribution in [0.3, 0.4) is 0 Å². The van der Waals surface area contributed by atoms with Crippen LogP contribution in [-0.2, 0) is 4.74 Å². The Morgan fingerprint density at radius 1 is 1.62 bits per heavy atom. The van der Waals surface area contributed by atoms with Gasteiger partial charge in [-0.3, -0.25) is 0 Å². The molecule has 0 radical (unpaired) electrons. The molecule has 0 spiro atoms. The summed E-state index contributed by atoms with van der Waals surface area (Å²) in [4.78, 5) is 0. The van der Waals surface area contributed by atoms with E-state index in [9.17, 15) is 8.78 Å². The zero-order valence-electron chi connectivity index (χ0n) is 4.60. The molecule has 0 saturated carbocycles. The van der Waals surface area contributed by atoms with Crippen molar-refractivity contribution in [2.24, 2.45) is 5.73 Å². The molecule has 1 atom stereocenters. The van der Waals surface area contributed by atoms with Crippen molar-refractivity contribution in [3.05, 3.63) is 0 Å². The van der Waals surface area contributed by atoms with Gasteiger partial charge in [-0.15, -0.1) is 0 Å². The largest absolute Gasteiger partial charge is 0.345 e. The molecule has 0 bridgehead atoms. The molecule has 0 unspecified atom stereocenters. The molecule has 0 aromatic carbocycles. The predicted molar refractivity (Wildman–Crippen MR) is 25.6 cm³/mol. The Hall–Kier alpha value is -0.220. The summed E-state index contributed by atoms with van der Waals surface area (Å²) < 4.78 is 26.3. The van der Waals surface area contributed by atoms with Gasteiger partial charge in [-0.05, 0) is 6.92 Å². The van der Waals surface area contributed by atoms with Crippen molar-refractivity contribution in [1.82, 2.24) is 0 Å². The minimum atomic E-state index is -2.70. The van der Waals surface area contributed by atoms with Gasteiger partial charge >= 0.3 is 6.61 Å². The second-order valence-electron chi connectivity index (χ2n) is 1.44. The van der Waals surface area contributed by atoms with Crippen LogP contribution in [0.5, 0.6) is 0 Å². The zero-order chi connectivity index (χ0) is 6.57. The summed E-state index contributed by atoms with van der Waals surface area (Å²) in [5.41, 5.74) is 4.96. The van der Waals surface area contributed by atoms with Crippen LogP contribution in [0.25, 0.3) is 0 Å². The normalized spacial score (nSPS) is 14.6. The maximum Gasteiger partial charge on any atom is 0.345 e. The summed E-state index contributed by atoms with van der Waals surface area (Å²) in [6, 6.07) is 0. The fraction of sp³-hybridized carbons (Fsp3) is 1.00. The van der Waals surface area contributed by atoms with Crippen LogP contribution < -0.4 is 5.73 Å². The molecule has 0 heterocycles. The fourth-order valence-corrected chi connectivity index (χ4v) is 0.231. The molecular weight excluding hydrogens is 116 g/mol. The lowest BCUT2D eigenvalue weighted by Gasteiger charge is -2.07. The number of ether oxygens (including phenoxy) is 1. The first-order valence-corrected chi connectivity index (χ1v) is 2.30. The lowest BCUT2D eigenvalue weighted by molar-refractivity contribution is -0.154. The Kier molecular flexibility index (Phi) is 3.64. The second kappa shape index (κ2) is 3.74. The van der Waals surface area contributed by atoms with Crippen LogP contribution in [0.15, 0.2) is 0 Å². The summed E-state index contributed by atoms with van der Waals surface area (Å²) in [6.45, 7) is -1.08. The van der Waals surface area contributed by atoms with Crippen molar-refractivity contribution in [3.63, 3.8) is 0 Å². The van der Waals surface area contributed by atoms with Gasteiger partial charge in [-0.25, -0.2) is 0 Å². The van der Waals surface area contributed by atoms with Gasteiger partial charge in [0.15, 0.2) is 0 Å². The fourth-order valence-electron chi connectivity index (χ4n) is 0.231. The summed E-state index contributed by atoms with van der Waals surface area (Å²) in [5, 5.41) is 0. The van der Waals surface area contributed by atoms with Crippen LogP contribution in [0, 0.1) is 0 Å². The van der Waals surface area contributed by atoms with Crippen molar-refractivity contribution in [3.8, 4) is 0 Å². The topological polar surface area (TPSA) is 35.2 Å². The van der Waals surface area contributed by atoms with Crippen LogP contribution in [0.2, 0.25) is 0 Å². The maximum absolute atomic E-state index is 11.2. The third-order valence-electron chi connectivity index (χ3n) is 0.667. The van der Waals surface area contributed by atoms with Crippen LogP contribution in [0.4, 0.5) is 8.78 Å². The molecule has 2 nitrogen and oxygen atoms in total. The van der Waals surface area contributed by atoms with E-state index in [1.54, 1.807) is 0 Å². The summed E-state index contributed by atoms with van der Waals surface area (Å²) >= 11 is 0. The van der Waals surface area contributed by atoms with E-state index in [0.29, 0.717) is 0 Å². The molecule has 0 aromatic heterocycles. The molecule has 0 aliphatic rings. The van der Waals surface area contributed by atoms with E-state index in [2.05, 4.69) is 4.74 Å². The number of nitrogens with two attached hydrogens (primary N) is 1. The molecule has 8 heavy (non-hydrogen) atoms. The van der Waals surface area contributed by atoms with Gasteiger partial charge in [0.2, 0.25) is 0 Å². The van der Waals surface area contributed by atoms with Gasteiger partial charge in [0.05, 0.1) is 6.10 Å². The lowest BCUT2D eigenvalue weighted by atomic mass is 10.4. The number of halogens is 2. The first-order valence-electron chi connectivity index (χ1n) is 2.30. The number of hydrogen-bond acceptors (Lipinski definition) is 2. The van der Waals surface area contributed by atoms with Crippen LogP contribution in [0.1, 0.15) is 6.92 Å². The highest BCUT2D eigenvalue weighted by molar-refractivity contribution is 4.46.